The lowest BCUT2D eigenvalue weighted by Gasteiger charge is -2.55. The predicted molar refractivity (Wildman–Crippen MR) is 150 cm³/mol. The van der Waals surface area contributed by atoms with E-state index in [0.29, 0.717) is 39.5 Å². The molecule has 2 atom stereocenters. The van der Waals surface area contributed by atoms with Crippen molar-refractivity contribution in [3.8, 4) is 11.8 Å². The molecule has 6 rings (SSSR count). The molecule has 3 heterocycles. The number of aromatic nitrogens is 2. The van der Waals surface area contributed by atoms with Gasteiger partial charge in [-0.3, -0.25) is 9.59 Å². The molecular weight excluding hydrogens is 523 g/mol. The molecule has 0 saturated carbocycles. The maximum Gasteiger partial charge on any atom is 0.317 e. The Morgan fingerprint density at radius 1 is 0.951 bits per heavy atom. The molecule has 0 bridgehead atoms. The van der Waals surface area contributed by atoms with Crippen molar-refractivity contribution in [2.75, 3.05) is 18.6 Å². The molecule has 0 N–H and O–H groups in total. The zero-order valence-corrected chi connectivity index (χ0v) is 23.2. The third-order valence-electron chi connectivity index (χ3n) is 7.78. The lowest BCUT2D eigenvalue weighted by atomic mass is 9.69. The number of aryl methyl sites for hydroxylation is 3. The Labute approximate surface area is 237 Å². The average molecular weight is 553 g/mol. The Balaban J connectivity index is 1.53. The Kier molecular flexibility index (Phi) is 6.44. The van der Waals surface area contributed by atoms with Gasteiger partial charge < -0.3 is 19.3 Å². The van der Waals surface area contributed by atoms with Crippen molar-refractivity contribution in [1.29, 1.82) is 0 Å². The zero-order chi connectivity index (χ0) is 28.9. The smallest absolute Gasteiger partial charge is 0.317 e. The van der Waals surface area contributed by atoms with E-state index < -0.39 is 11.6 Å². The van der Waals surface area contributed by atoms with E-state index in [-0.39, 0.29) is 36.7 Å². The highest BCUT2D eigenvalue weighted by atomic mass is 19.1. The number of β-lactam (4-membered cyclic amide) rings is 1. The monoisotopic (exact) mass is 552 g/mol. The number of carbonyl (C=O) groups excluding carboxylic acids is 2. The fraction of sp³-hybridized carbons (Fsp3) is 0.250. The van der Waals surface area contributed by atoms with Crippen LogP contribution in [-0.2, 0) is 21.7 Å². The first-order valence-electron chi connectivity index (χ1n) is 13.3. The van der Waals surface area contributed by atoms with Crippen LogP contribution in [-0.4, -0.2) is 46.4 Å². The molecule has 2 aliphatic heterocycles. The lowest BCUT2D eigenvalue weighted by molar-refractivity contribution is -0.178. The summed E-state index contributed by atoms with van der Waals surface area (Å²) in [4.78, 5) is 39.7. The standard InChI is InChI=1S/C32H29FN4O4/c1-19-15-23(11-14-26(19)33)32-25-7-5-6-8-27(25)36(17-22-9-12-24(40-4)13-10-22)28(38)18-37(32)30(39)29(32)41-31-34-20(2)16-21(3)35-31/h5-16,29H,17-18H2,1-4H3. The summed E-state index contributed by atoms with van der Waals surface area (Å²) in [5.74, 6) is -0.269. The number of hydrogen-bond donors (Lipinski definition) is 0. The van der Waals surface area contributed by atoms with Gasteiger partial charge in [0.15, 0.2) is 0 Å². The molecule has 3 aromatic carbocycles. The number of halogens is 1. The van der Waals surface area contributed by atoms with Gasteiger partial charge in [-0.15, -0.1) is 0 Å². The van der Waals surface area contributed by atoms with Gasteiger partial charge in [-0.25, -0.2) is 14.4 Å². The Morgan fingerprint density at radius 2 is 1.66 bits per heavy atom. The number of para-hydroxylation sites is 1. The third-order valence-corrected chi connectivity index (χ3v) is 7.78. The maximum atomic E-state index is 14.5. The van der Waals surface area contributed by atoms with Crippen LogP contribution in [0.4, 0.5) is 10.1 Å². The van der Waals surface area contributed by atoms with Crippen molar-refractivity contribution in [2.24, 2.45) is 0 Å². The molecular formula is C32H29FN4O4. The van der Waals surface area contributed by atoms with Gasteiger partial charge >= 0.3 is 6.01 Å². The molecule has 0 spiro atoms. The van der Waals surface area contributed by atoms with Crippen molar-refractivity contribution in [3.05, 3.63) is 112 Å². The van der Waals surface area contributed by atoms with Crippen molar-refractivity contribution in [2.45, 2.75) is 39.0 Å². The first-order valence-corrected chi connectivity index (χ1v) is 13.3. The minimum absolute atomic E-state index is 0.0712. The van der Waals surface area contributed by atoms with Crippen LogP contribution in [0, 0.1) is 26.6 Å². The third kappa shape index (κ3) is 4.28. The summed E-state index contributed by atoms with van der Waals surface area (Å²) < 4.78 is 26.1. The summed E-state index contributed by atoms with van der Waals surface area (Å²) in [5.41, 5.74) is 3.46. The number of fused-ring (bicyclic) bond motifs is 3. The quantitative estimate of drug-likeness (QED) is 0.325. The number of benzene rings is 3. The van der Waals surface area contributed by atoms with Crippen LogP contribution in [0.2, 0.25) is 0 Å². The fourth-order valence-corrected chi connectivity index (χ4v) is 5.86. The topological polar surface area (TPSA) is 84.9 Å². The highest BCUT2D eigenvalue weighted by Crippen LogP contribution is 2.53. The normalized spacial score (nSPS) is 19.7. The van der Waals surface area contributed by atoms with Crippen LogP contribution >= 0.6 is 0 Å². The molecule has 2 unspecified atom stereocenters. The molecule has 0 radical (unpaired) electrons. The van der Waals surface area contributed by atoms with Gasteiger partial charge in [0, 0.05) is 17.0 Å². The van der Waals surface area contributed by atoms with E-state index in [1.165, 1.54) is 11.0 Å². The molecule has 41 heavy (non-hydrogen) atoms. The van der Waals surface area contributed by atoms with Crippen LogP contribution in [0.3, 0.4) is 0 Å². The van der Waals surface area contributed by atoms with Gasteiger partial charge in [-0.1, -0.05) is 42.5 Å². The molecule has 1 fully saturated rings. The van der Waals surface area contributed by atoms with Crippen molar-refractivity contribution in [1.82, 2.24) is 14.9 Å². The van der Waals surface area contributed by atoms with E-state index in [1.54, 1.807) is 31.1 Å². The summed E-state index contributed by atoms with van der Waals surface area (Å²) in [6.07, 6.45) is -1.08. The van der Waals surface area contributed by atoms with Gasteiger partial charge in [0.25, 0.3) is 5.91 Å². The molecule has 4 aromatic rings. The van der Waals surface area contributed by atoms with Crippen molar-refractivity contribution in [3.63, 3.8) is 0 Å². The highest BCUT2D eigenvalue weighted by molar-refractivity contribution is 6.04. The van der Waals surface area contributed by atoms with E-state index in [1.807, 2.05) is 68.4 Å². The minimum atomic E-state index is -1.22. The molecule has 2 amide bonds. The van der Waals surface area contributed by atoms with Gasteiger partial charge in [-0.2, -0.15) is 0 Å². The molecule has 0 aliphatic carbocycles. The van der Waals surface area contributed by atoms with E-state index in [9.17, 15) is 14.0 Å². The van der Waals surface area contributed by atoms with Crippen LogP contribution in [0.25, 0.3) is 0 Å². The number of anilines is 1. The lowest BCUT2D eigenvalue weighted by Crippen LogP contribution is -2.74. The van der Waals surface area contributed by atoms with E-state index in [4.69, 9.17) is 9.47 Å². The van der Waals surface area contributed by atoms with Crippen LogP contribution in [0.1, 0.15) is 33.6 Å². The Morgan fingerprint density at radius 3 is 2.34 bits per heavy atom. The van der Waals surface area contributed by atoms with E-state index in [0.717, 1.165) is 5.56 Å². The summed E-state index contributed by atoms with van der Waals surface area (Å²) in [6, 6.07) is 21.6. The number of ether oxygens (including phenoxy) is 2. The van der Waals surface area contributed by atoms with E-state index in [2.05, 4.69) is 9.97 Å². The summed E-state index contributed by atoms with van der Waals surface area (Å²) >= 11 is 0. The number of hydrogen-bond acceptors (Lipinski definition) is 6. The van der Waals surface area contributed by atoms with Gasteiger partial charge in [0.05, 0.1) is 19.3 Å². The second-order valence-corrected chi connectivity index (χ2v) is 10.4. The highest BCUT2D eigenvalue weighted by Gasteiger charge is 2.67. The first kappa shape index (κ1) is 26.4. The number of rotatable bonds is 6. The Hall–Kier alpha value is -4.79. The molecule has 1 aromatic heterocycles. The molecule has 208 valence electrons. The van der Waals surface area contributed by atoms with Crippen molar-refractivity contribution < 1.29 is 23.5 Å². The first-order chi connectivity index (χ1) is 19.7. The van der Waals surface area contributed by atoms with Crippen LogP contribution in [0.5, 0.6) is 11.8 Å². The van der Waals surface area contributed by atoms with Crippen LogP contribution < -0.4 is 14.4 Å². The fourth-order valence-electron chi connectivity index (χ4n) is 5.86. The average Bonchev–Trinajstić information content (AvgIpc) is 3.05. The molecule has 8 nitrogen and oxygen atoms in total. The minimum Gasteiger partial charge on any atom is -0.497 e. The second kappa shape index (κ2) is 9.99. The summed E-state index contributed by atoms with van der Waals surface area (Å²) in [5, 5.41) is 0. The number of carbonyl (C=O) groups is 2. The molecule has 2 aliphatic rings. The summed E-state index contributed by atoms with van der Waals surface area (Å²) in [7, 11) is 1.60. The number of nitrogens with zero attached hydrogens (tertiary/aromatic N) is 4. The van der Waals surface area contributed by atoms with Gasteiger partial charge in [0.2, 0.25) is 12.0 Å². The largest absolute Gasteiger partial charge is 0.497 e. The molecule has 9 heteroatoms. The van der Waals surface area contributed by atoms with Gasteiger partial charge in [-0.05, 0) is 67.8 Å². The number of methoxy groups -OCH3 is 1. The summed E-state index contributed by atoms with van der Waals surface area (Å²) in [6.45, 7) is 5.42. The predicted octanol–water partition coefficient (Wildman–Crippen LogP) is 4.63. The van der Waals surface area contributed by atoms with Gasteiger partial charge in [0.1, 0.15) is 23.7 Å². The van der Waals surface area contributed by atoms with E-state index >= 15 is 0 Å². The van der Waals surface area contributed by atoms with Crippen molar-refractivity contribution >= 4 is 17.5 Å². The SMILES string of the molecule is COc1ccc(CN2C(=O)CN3C(=O)C(Oc4nc(C)cc(C)n4)C3(c3ccc(F)c(C)c3)c3ccccc32)cc1. The number of amides is 2. The Bertz CT molecular complexity index is 1650. The molecule has 1 saturated heterocycles. The zero-order valence-electron chi connectivity index (χ0n) is 23.2. The van der Waals surface area contributed by atoms with Crippen LogP contribution in [0.15, 0.2) is 72.8 Å². The maximum absolute atomic E-state index is 14.5. The second-order valence-electron chi connectivity index (χ2n) is 10.4.